The average Bonchev–Trinajstić information content (AvgIpc) is 2.55. The molecule has 3 rings (SSSR count). The molecule has 126 valence electrons. The molecule has 1 heterocycles. The molecule has 1 aliphatic rings. The Bertz CT molecular complexity index is 719. The maximum atomic E-state index is 2.56. The monoisotopic (exact) mass is 319 g/mol. The van der Waals surface area contributed by atoms with E-state index >= 15 is 0 Å². The summed E-state index contributed by atoms with van der Waals surface area (Å²) >= 11 is 0. The molecule has 0 radical (unpaired) electrons. The fraction of sp³-hybridized carbons (Fsp3) is 0.391. The summed E-state index contributed by atoms with van der Waals surface area (Å²) in [5, 5.41) is 0. The zero-order valence-corrected chi connectivity index (χ0v) is 15.5. The van der Waals surface area contributed by atoms with Crippen LogP contribution in [0.15, 0.2) is 60.2 Å². The van der Waals surface area contributed by atoms with Crippen molar-refractivity contribution in [3.63, 3.8) is 0 Å². The van der Waals surface area contributed by atoms with Crippen molar-refractivity contribution in [3.05, 3.63) is 76.9 Å². The quantitative estimate of drug-likeness (QED) is 0.705. The molecule has 1 heteroatoms. The molecule has 0 spiro atoms. The molecule has 0 amide bonds. The van der Waals surface area contributed by atoms with Crippen LogP contribution in [0.25, 0.3) is 5.57 Å². The van der Waals surface area contributed by atoms with E-state index in [1.807, 2.05) is 0 Å². The van der Waals surface area contributed by atoms with Crippen molar-refractivity contribution in [2.24, 2.45) is 0 Å². The molecule has 0 saturated heterocycles. The molecule has 0 N–H and O–H groups in total. The summed E-state index contributed by atoms with van der Waals surface area (Å²) in [6.45, 7) is 12.4. The Morgan fingerprint density at radius 1 is 0.958 bits per heavy atom. The molecular formula is C23H29N. The molecule has 0 fully saturated rings. The Kier molecular flexibility index (Phi) is 4.91. The van der Waals surface area contributed by atoms with E-state index < -0.39 is 0 Å². The standard InChI is InChI=1S/C23H29N/c1-18-16-24(17-19-9-6-5-7-10-19)14-13-22(18)20-11-8-12-21(15-20)23(2,3)4/h5-12,15H,13-14,16-17H2,1-4H3. The minimum atomic E-state index is 0.207. The first-order valence-electron chi connectivity index (χ1n) is 8.99. The normalized spacial score (nSPS) is 16.5. The van der Waals surface area contributed by atoms with Gasteiger partial charge in [0.25, 0.3) is 0 Å². The van der Waals surface area contributed by atoms with Crippen molar-refractivity contribution in [1.82, 2.24) is 4.90 Å². The highest BCUT2D eigenvalue weighted by Gasteiger charge is 2.19. The van der Waals surface area contributed by atoms with Crippen LogP contribution < -0.4 is 0 Å². The topological polar surface area (TPSA) is 3.24 Å². The van der Waals surface area contributed by atoms with E-state index in [-0.39, 0.29) is 5.41 Å². The third-order valence-corrected chi connectivity index (χ3v) is 4.98. The van der Waals surface area contributed by atoms with Crippen LogP contribution in [0.3, 0.4) is 0 Å². The second-order valence-electron chi connectivity index (χ2n) is 8.04. The molecule has 0 aromatic heterocycles. The molecule has 2 aromatic carbocycles. The van der Waals surface area contributed by atoms with Crippen LogP contribution in [-0.4, -0.2) is 18.0 Å². The molecule has 2 aromatic rings. The third-order valence-electron chi connectivity index (χ3n) is 4.98. The van der Waals surface area contributed by atoms with E-state index in [9.17, 15) is 0 Å². The first kappa shape index (κ1) is 17.0. The van der Waals surface area contributed by atoms with Crippen molar-refractivity contribution in [1.29, 1.82) is 0 Å². The lowest BCUT2D eigenvalue weighted by molar-refractivity contribution is 0.286. The van der Waals surface area contributed by atoms with Crippen LogP contribution in [0.4, 0.5) is 0 Å². The summed E-state index contributed by atoms with van der Waals surface area (Å²) < 4.78 is 0. The smallest absolute Gasteiger partial charge is 0.0237 e. The summed E-state index contributed by atoms with van der Waals surface area (Å²) in [6, 6.07) is 19.9. The zero-order valence-electron chi connectivity index (χ0n) is 15.5. The van der Waals surface area contributed by atoms with Gasteiger partial charge in [-0.25, -0.2) is 0 Å². The second kappa shape index (κ2) is 6.94. The van der Waals surface area contributed by atoms with Gasteiger partial charge in [-0.15, -0.1) is 0 Å². The minimum absolute atomic E-state index is 0.207. The van der Waals surface area contributed by atoms with Crippen molar-refractivity contribution >= 4 is 5.57 Å². The lowest BCUT2D eigenvalue weighted by Gasteiger charge is -2.30. The molecule has 0 bridgehead atoms. The van der Waals surface area contributed by atoms with Crippen LogP contribution in [0.1, 0.15) is 50.8 Å². The van der Waals surface area contributed by atoms with Gasteiger partial charge >= 0.3 is 0 Å². The van der Waals surface area contributed by atoms with Crippen molar-refractivity contribution in [3.8, 4) is 0 Å². The predicted octanol–water partition coefficient (Wildman–Crippen LogP) is 5.66. The molecule has 0 unspecified atom stereocenters. The number of rotatable bonds is 3. The second-order valence-corrected chi connectivity index (χ2v) is 8.04. The van der Waals surface area contributed by atoms with Crippen LogP contribution in [0.5, 0.6) is 0 Å². The van der Waals surface area contributed by atoms with Crippen LogP contribution in [0, 0.1) is 0 Å². The Morgan fingerprint density at radius 2 is 1.71 bits per heavy atom. The number of hydrogen-bond donors (Lipinski definition) is 0. The maximum Gasteiger partial charge on any atom is 0.0237 e. The van der Waals surface area contributed by atoms with Gasteiger partial charge in [-0.1, -0.05) is 80.9 Å². The lowest BCUT2D eigenvalue weighted by Crippen LogP contribution is -2.30. The largest absolute Gasteiger partial charge is 0.295 e. The van der Waals surface area contributed by atoms with Crippen LogP contribution >= 0.6 is 0 Å². The zero-order chi connectivity index (χ0) is 17.2. The van der Waals surface area contributed by atoms with Gasteiger partial charge < -0.3 is 0 Å². The Balaban J connectivity index is 1.77. The predicted molar refractivity (Wildman–Crippen MR) is 104 cm³/mol. The molecule has 1 aliphatic heterocycles. The van der Waals surface area contributed by atoms with Gasteiger partial charge in [-0.05, 0) is 41.0 Å². The Hall–Kier alpha value is -1.86. The molecule has 0 saturated carbocycles. The van der Waals surface area contributed by atoms with Gasteiger partial charge in [0, 0.05) is 19.6 Å². The number of nitrogens with zero attached hydrogens (tertiary/aromatic N) is 1. The first-order valence-corrected chi connectivity index (χ1v) is 8.99. The van der Waals surface area contributed by atoms with E-state index in [2.05, 4.69) is 87.2 Å². The van der Waals surface area contributed by atoms with E-state index in [1.54, 1.807) is 5.57 Å². The van der Waals surface area contributed by atoms with Crippen LogP contribution in [0.2, 0.25) is 0 Å². The summed E-state index contributed by atoms with van der Waals surface area (Å²) in [5.41, 5.74) is 7.52. The molecule has 24 heavy (non-hydrogen) atoms. The molecule has 1 nitrogen and oxygen atoms in total. The van der Waals surface area contributed by atoms with Crippen molar-refractivity contribution in [2.75, 3.05) is 13.1 Å². The summed E-state index contributed by atoms with van der Waals surface area (Å²) in [5.74, 6) is 0. The average molecular weight is 319 g/mol. The van der Waals surface area contributed by atoms with Crippen molar-refractivity contribution in [2.45, 2.75) is 46.1 Å². The highest BCUT2D eigenvalue weighted by molar-refractivity contribution is 5.70. The van der Waals surface area contributed by atoms with Gasteiger partial charge in [-0.2, -0.15) is 0 Å². The SMILES string of the molecule is CC1=C(c2cccc(C(C)(C)C)c2)CCN(Cc2ccccc2)C1. The summed E-state index contributed by atoms with van der Waals surface area (Å²) in [4.78, 5) is 2.56. The minimum Gasteiger partial charge on any atom is -0.295 e. The Morgan fingerprint density at radius 3 is 2.38 bits per heavy atom. The van der Waals surface area contributed by atoms with Gasteiger partial charge in [0.2, 0.25) is 0 Å². The van der Waals surface area contributed by atoms with Gasteiger partial charge in [-0.3, -0.25) is 4.90 Å². The highest BCUT2D eigenvalue weighted by atomic mass is 15.1. The summed E-state index contributed by atoms with van der Waals surface area (Å²) in [6.07, 6.45) is 1.15. The molecule has 0 aliphatic carbocycles. The highest BCUT2D eigenvalue weighted by Crippen LogP contribution is 2.31. The van der Waals surface area contributed by atoms with Crippen LogP contribution in [-0.2, 0) is 12.0 Å². The van der Waals surface area contributed by atoms with Gasteiger partial charge in [0.15, 0.2) is 0 Å². The molecular weight excluding hydrogens is 290 g/mol. The van der Waals surface area contributed by atoms with Crippen molar-refractivity contribution < 1.29 is 0 Å². The van der Waals surface area contributed by atoms with E-state index in [0.717, 1.165) is 26.1 Å². The van der Waals surface area contributed by atoms with E-state index in [1.165, 1.54) is 22.3 Å². The van der Waals surface area contributed by atoms with E-state index in [0.29, 0.717) is 0 Å². The fourth-order valence-corrected chi connectivity index (χ4v) is 3.53. The maximum absolute atomic E-state index is 2.56. The molecule has 0 atom stereocenters. The Labute approximate surface area is 147 Å². The van der Waals surface area contributed by atoms with Gasteiger partial charge in [0.1, 0.15) is 0 Å². The summed E-state index contributed by atoms with van der Waals surface area (Å²) in [7, 11) is 0. The number of benzene rings is 2. The third kappa shape index (κ3) is 3.96. The van der Waals surface area contributed by atoms with Gasteiger partial charge in [0.05, 0.1) is 0 Å². The van der Waals surface area contributed by atoms with E-state index in [4.69, 9.17) is 0 Å². The number of hydrogen-bond acceptors (Lipinski definition) is 1. The fourth-order valence-electron chi connectivity index (χ4n) is 3.53. The first-order chi connectivity index (χ1) is 11.4. The lowest BCUT2D eigenvalue weighted by atomic mass is 9.84.